The van der Waals surface area contributed by atoms with Gasteiger partial charge in [-0.2, -0.15) is 0 Å². The van der Waals surface area contributed by atoms with Gasteiger partial charge in [0.25, 0.3) is 5.91 Å². The van der Waals surface area contributed by atoms with Crippen LogP contribution in [-0.4, -0.2) is 29.8 Å². The molecule has 0 unspecified atom stereocenters. The molecule has 0 atom stereocenters. The first-order chi connectivity index (χ1) is 8.74. The summed E-state index contributed by atoms with van der Waals surface area (Å²) < 4.78 is 0. The molecule has 1 heterocycles. The van der Waals surface area contributed by atoms with Gasteiger partial charge in [-0.1, -0.05) is 23.3 Å². The van der Waals surface area contributed by atoms with E-state index in [1.807, 2.05) is 6.07 Å². The van der Waals surface area contributed by atoms with Gasteiger partial charge in [-0.15, -0.1) is 0 Å². The summed E-state index contributed by atoms with van der Waals surface area (Å²) in [4.78, 5) is 27.8. The van der Waals surface area contributed by atoms with Gasteiger partial charge in [0, 0.05) is 23.6 Å². The molecule has 0 fully saturated rings. The first-order valence-corrected chi connectivity index (χ1v) is 5.67. The normalized spacial score (nSPS) is 14.1. The maximum Gasteiger partial charge on any atom is 0.260 e. The standard InChI is InChI=1S/C12H12N4O2/c13-15-14-6-3-7-16-11(17)8-9-4-1-2-5-10(9)12(16)18/h1-2,4-5H,3,6-8H2. The molecule has 1 aromatic rings. The zero-order valence-corrected chi connectivity index (χ0v) is 9.74. The molecule has 0 radical (unpaired) electrons. The minimum atomic E-state index is -0.261. The first kappa shape index (κ1) is 12.1. The van der Waals surface area contributed by atoms with Crippen LogP contribution < -0.4 is 0 Å². The second-order valence-corrected chi connectivity index (χ2v) is 3.99. The smallest absolute Gasteiger partial charge is 0.260 e. The molecule has 0 bridgehead atoms. The average Bonchev–Trinajstić information content (AvgIpc) is 2.38. The lowest BCUT2D eigenvalue weighted by molar-refractivity contribution is -0.128. The highest BCUT2D eigenvalue weighted by atomic mass is 16.2. The number of fused-ring (bicyclic) bond motifs is 1. The predicted molar refractivity (Wildman–Crippen MR) is 64.8 cm³/mol. The van der Waals surface area contributed by atoms with Gasteiger partial charge in [-0.3, -0.25) is 14.5 Å². The lowest BCUT2D eigenvalue weighted by Crippen LogP contribution is -2.42. The third kappa shape index (κ3) is 2.33. The van der Waals surface area contributed by atoms with Gasteiger partial charge >= 0.3 is 0 Å². The highest BCUT2D eigenvalue weighted by Crippen LogP contribution is 2.19. The monoisotopic (exact) mass is 244 g/mol. The zero-order valence-electron chi connectivity index (χ0n) is 9.74. The van der Waals surface area contributed by atoms with E-state index >= 15 is 0 Å². The van der Waals surface area contributed by atoms with Gasteiger partial charge in [0.05, 0.1) is 6.42 Å². The van der Waals surface area contributed by atoms with Gasteiger partial charge in [0.15, 0.2) is 0 Å². The van der Waals surface area contributed by atoms with Crippen LogP contribution in [0.1, 0.15) is 22.3 Å². The molecule has 18 heavy (non-hydrogen) atoms. The van der Waals surface area contributed by atoms with Crippen LogP contribution in [0.3, 0.4) is 0 Å². The van der Waals surface area contributed by atoms with Crippen LogP contribution in [-0.2, 0) is 11.2 Å². The summed E-state index contributed by atoms with van der Waals surface area (Å²) in [5, 5.41) is 3.38. The molecule has 1 aliphatic rings. The Hall–Kier alpha value is -2.33. The van der Waals surface area contributed by atoms with Crippen molar-refractivity contribution in [3.8, 4) is 0 Å². The Morgan fingerprint density at radius 3 is 2.89 bits per heavy atom. The van der Waals surface area contributed by atoms with Crippen molar-refractivity contribution in [2.24, 2.45) is 5.11 Å². The van der Waals surface area contributed by atoms with Crippen molar-refractivity contribution in [2.45, 2.75) is 12.8 Å². The molecule has 1 aromatic carbocycles. The summed E-state index contributed by atoms with van der Waals surface area (Å²) in [5.41, 5.74) is 9.51. The maximum absolute atomic E-state index is 12.1. The van der Waals surface area contributed by atoms with Crippen LogP contribution in [0.25, 0.3) is 10.4 Å². The Labute approximate surface area is 104 Å². The van der Waals surface area contributed by atoms with E-state index in [0.29, 0.717) is 18.5 Å². The topological polar surface area (TPSA) is 86.1 Å². The van der Waals surface area contributed by atoms with Gasteiger partial charge < -0.3 is 0 Å². The van der Waals surface area contributed by atoms with Crippen LogP contribution >= 0.6 is 0 Å². The molecular formula is C12H12N4O2. The molecule has 0 spiro atoms. The van der Waals surface area contributed by atoms with Crippen LogP contribution in [0.5, 0.6) is 0 Å². The highest BCUT2D eigenvalue weighted by molar-refractivity contribution is 6.09. The Bertz CT molecular complexity index is 535. The largest absolute Gasteiger partial charge is 0.278 e. The fourth-order valence-electron chi connectivity index (χ4n) is 1.97. The predicted octanol–water partition coefficient (Wildman–Crippen LogP) is 1.91. The Morgan fingerprint density at radius 2 is 2.11 bits per heavy atom. The second kappa shape index (κ2) is 5.33. The number of rotatable bonds is 4. The van der Waals surface area contributed by atoms with Gasteiger partial charge in [-0.05, 0) is 23.6 Å². The fourth-order valence-corrected chi connectivity index (χ4v) is 1.97. The van der Waals surface area contributed by atoms with E-state index in [-0.39, 0.29) is 24.8 Å². The van der Waals surface area contributed by atoms with Gasteiger partial charge in [0.2, 0.25) is 5.91 Å². The van der Waals surface area contributed by atoms with Gasteiger partial charge in [0.1, 0.15) is 0 Å². The van der Waals surface area contributed by atoms with Crippen molar-refractivity contribution in [2.75, 3.05) is 13.1 Å². The van der Waals surface area contributed by atoms with Crippen molar-refractivity contribution in [1.29, 1.82) is 0 Å². The molecular weight excluding hydrogens is 232 g/mol. The van der Waals surface area contributed by atoms with Crippen molar-refractivity contribution in [3.63, 3.8) is 0 Å². The number of carbonyl (C=O) groups is 2. The van der Waals surface area contributed by atoms with Crippen molar-refractivity contribution in [1.82, 2.24) is 4.90 Å². The Morgan fingerprint density at radius 1 is 1.33 bits per heavy atom. The summed E-state index contributed by atoms with van der Waals surface area (Å²) in [6.07, 6.45) is 0.743. The lowest BCUT2D eigenvalue weighted by atomic mass is 9.98. The third-order valence-corrected chi connectivity index (χ3v) is 2.84. The number of imide groups is 1. The number of azide groups is 1. The van der Waals surface area contributed by atoms with E-state index in [9.17, 15) is 9.59 Å². The molecule has 0 saturated heterocycles. The minimum absolute atomic E-state index is 0.195. The number of benzene rings is 1. The van der Waals surface area contributed by atoms with Crippen molar-refractivity contribution < 1.29 is 9.59 Å². The molecule has 0 N–H and O–H groups in total. The number of amides is 2. The third-order valence-electron chi connectivity index (χ3n) is 2.84. The summed E-state index contributed by atoms with van der Waals surface area (Å²) in [6, 6.07) is 7.12. The molecule has 6 nitrogen and oxygen atoms in total. The molecule has 0 aliphatic carbocycles. The van der Waals surface area contributed by atoms with E-state index in [2.05, 4.69) is 10.0 Å². The summed E-state index contributed by atoms with van der Waals surface area (Å²) >= 11 is 0. The van der Waals surface area contributed by atoms with Crippen LogP contribution in [0.15, 0.2) is 29.4 Å². The van der Waals surface area contributed by atoms with Crippen LogP contribution in [0.4, 0.5) is 0 Å². The molecule has 2 amide bonds. The summed E-state index contributed by atoms with van der Waals surface area (Å²) in [7, 11) is 0. The van der Waals surface area contributed by atoms with E-state index in [0.717, 1.165) is 5.56 Å². The van der Waals surface area contributed by atoms with Gasteiger partial charge in [-0.25, -0.2) is 0 Å². The molecule has 1 aliphatic heterocycles. The van der Waals surface area contributed by atoms with Crippen LogP contribution in [0.2, 0.25) is 0 Å². The van der Waals surface area contributed by atoms with Crippen LogP contribution in [0, 0.1) is 0 Å². The first-order valence-electron chi connectivity index (χ1n) is 5.67. The molecule has 6 heteroatoms. The highest BCUT2D eigenvalue weighted by Gasteiger charge is 2.29. The lowest BCUT2D eigenvalue weighted by Gasteiger charge is -2.26. The zero-order chi connectivity index (χ0) is 13.0. The fraction of sp³-hybridized carbons (Fsp3) is 0.333. The SMILES string of the molecule is [N-]=[N+]=NCCCN1C(=O)Cc2ccccc2C1=O. The summed E-state index contributed by atoms with van der Waals surface area (Å²) in [5.74, 6) is -0.456. The quantitative estimate of drug-likeness (QED) is 0.266. The molecule has 0 aromatic heterocycles. The van der Waals surface area contributed by atoms with E-state index in [1.165, 1.54) is 4.90 Å². The maximum atomic E-state index is 12.1. The van der Waals surface area contributed by atoms with Crippen molar-refractivity contribution in [3.05, 3.63) is 45.8 Å². The minimum Gasteiger partial charge on any atom is -0.278 e. The summed E-state index contributed by atoms with van der Waals surface area (Å²) in [6.45, 7) is 0.584. The second-order valence-electron chi connectivity index (χ2n) is 3.99. The van der Waals surface area contributed by atoms with E-state index in [4.69, 9.17) is 5.53 Å². The average molecular weight is 244 g/mol. The Balaban J connectivity index is 2.11. The number of hydrogen-bond donors (Lipinski definition) is 0. The van der Waals surface area contributed by atoms with E-state index in [1.54, 1.807) is 18.2 Å². The molecule has 92 valence electrons. The van der Waals surface area contributed by atoms with E-state index < -0.39 is 0 Å². The Kier molecular flexibility index (Phi) is 3.60. The number of hydrogen-bond acceptors (Lipinski definition) is 3. The van der Waals surface area contributed by atoms with Crippen molar-refractivity contribution >= 4 is 11.8 Å². The molecule has 2 rings (SSSR count). The number of nitrogens with zero attached hydrogens (tertiary/aromatic N) is 4. The molecule has 0 saturated carbocycles. The number of carbonyl (C=O) groups excluding carboxylic acids is 2.